The number of piperidine rings is 2. The summed E-state index contributed by atoms with van der Waals surface area (Å²) in [5.74, 6) is 0.662. The molecule has 2 aliphatic heterocycles. The van der Waals surface area contributed by atoms with Gasteiger partial charge in [0.15, 0.2) is 0 Å². The number of likely N-dealkylation sites (tertiary alicyclic amines) is 2. The molecular weight excluding hydrogens is 262 g/mol. The number of aromatic nitrogens is 1. The van der Waals surface area contributed by atoms with Crippen molar-refractivity contribution in [2.24, 2.45) is 5.92 Å². The predicted molar refractivity (Wildman–Crippen MR) is 82.7 cm³/mol. The average Bonchev–Trinajstić information content (AvgIpc) is 2.57. The summed E-state index contributed by atoms with van der Waals surface area (Å²) in [6.07, 6.45) is 7.51. The van der Waals surface area contributed by atoms with Crippen molar-refractivity contribution < 1.29 is 4.79 Å². The molecule has 114 valence electrons. The Balaban J connectivity index is 1.47. The molecule has 1 aromatic heterocycles. The summed E-state index contributed by atoms with van der Waals surface area (Å²) < 4.78 is 0. The van der Waals surface area contributed by atoms with Crippen molar-refractivity contribution in [1.29, 1.82) is 0 Å². The van der Waals surface area contributed by atoms with E-state index in [0.717, 1.165) is 51.3 Å². The van der Waals surface area contributed by atoms with Gasteiger partial charge in [-0.1, -0.05) is 6.07 Å². The monoisotopic (exact) mass is 287 g/mol. The van der Waals surface area contributed by atoms with Crippen molar-refractivity contribution in [3.63, 3.8) is 0 Å². The van der Waals surface area contributed by atoms with E-state index in [1.165, 1.54) is 19.3 Å². The van der Waals surface area contributed by atoms with Gasteiger partial charge in [0.1, 0.15) is 0 Å². The zero-order chi connectivity index (χ0) is 14.5. The molecule has 2 aliphatic rings. The third-order valence-corrected chi connectivity index (χ3v) is 4.72. The average molecular weight is 287 g/mol. The maximum Gasteiger partial charge on any atom is 0.225 e. The molecule has 1 aromatic rings. The van der Waals surface area contributed by atoms with E-state index in [2.05, 4.69) is 20.9 Å². The number of amides is 1. The van der Waals surface area contributed by atoms with E-state index >= 15 is 0 Å². The van der Waals surface area contributed by atoms with Crippen molar-refractivity contribution in [3.8, 4) is 0 Å². The van der Waals surface area contributed by atoms with Gasteiger partial charge in [-0.2, -0.15) is 0 Å². The number of rotatable bonds is 3. The predicted octanol–water partition coefficient (Wildman–Crippen LogP) is 2.31. The molecule has 1 amide bonds. The molecule has 4 nitrogen and oxygen atoms in total. The Hall–Kier alpha value is -1.42. The molecule has 0 aliphatic carbocycles. The smallest absolute Gasteiger partial charge is 0.225 e. The fourth-order valence-corrected chi connectivity index (χ4v) is 3.43. The number of hydrogen-bond donors (Lipinski definition) is 0. The summed E-state index contributed by atoms with van der Waals surface area (Å²) in [6, 6.07) is 6.06. The summed E-state index contributed by atoms with van der Waals surface area (Å²) >= 11 is 0. The summed E-state index contributed by atoms with van der Waals surface area (Å²) in [4.78, 5) is 21.4. The molecule has 0 spiro atoms. The second-order valence-electron chi connectivity index (χ2n) is 6.26. The Bertz CT molecular complexity index is 448. The third kappa shape index (κ3) is 3.82. The van der Waals surface area contributed by atoms with E-state index in [1.54, 1.807) is 0 Å². The Morgan fingerprint density at radius 1 is 1.10 bits per heavy atom. The van der Waals surface area contributed by atoms with Crippen molar-refractivity contribution in [3.05, 3.63) is 30.1 Å². The highest BCUT2D eigenvalue weighted by Crippen LogP contribution is 2.22. The highest BCUT2D eigenvalue weighted by atomic mass is 16.2. The SMILES string of the molecule is O=C(C1CCN(Cc2ccccn2)CC1)N1CCCCC1. The number of hydrogen-bond acceptors (Lipinski definition) is 3. The van der Waals surface area contributed by atoms with E-state index < -0.39 is 0 Å². The van der Waals surface area contributed by atoms with Gasteiger partial charge in [0.2, 0.25) is 5.91 Å². The zero-order valence-electron chi connectivity index (χ0n) is 12.7. The molecule has 4 heteroatoms. The van der Waals surface area contributed by atoms with Crippen LogP contribution in [0.4, 0.5) is 0 Å². The topological polar surface area (TPSA) is 36.4 Å². The lowest BCUT2D eigenvalue weighted by Crippen LogP contribution is -2.44. The van der Waals surface area contributed by atoms with Crippen LogP contribution in [-0.2, 0) is 11.3 Å². The molecule has 0 aromatic carbocycles. The standard InChI is InChI=1S/C17H25N3O/c21-17(20-10-4-1-5-11-20)15-7-12-19(13-8-15)14-16-6-2-3-9-18-16/h2-3,6,9,15H,1,4-5,7-8,10-14H2. The minimum Gasteiger partial charge on any atom is -0.342 e. The van der Waals surface area contributed by atoms with Gasteiger partial charge in [-0.05, 0) is 57.3 Å². The van der Waals surface area contributed by atoms with E-state index in [1.807, 2.05) is 18.3 Å². The Kier molecular flexibility index (Phi) is 4.86. The van der Waals surface area contributed by atoms with E-state index in [9.17, 15) is 4.79 Å². The lowest BCUT2D eigenvalue weighted by Gasteiger charge is -2.35. The highest BCUT2D eigenvalue weighted by molar-refractivity contribution is 5.79. The number of pyridine rings is 1. The fraction of sp³-hybridized carbons (Fsp3) is 0.647. The fourth-order valence-electron chi connectivity index (χ4n) is 3.43. The van der Waals surface area contributed by atoms with Crippen molar-refractivity contribution in [1.82, 2.24) is 14.8 Å². The van der Waals surface area contributed by atoms with Crippen LogP contribution in [0.25, 0.3) is 0 Å². The van der Waals surface area contributed by atoms with Crippen LogP contribution in [0, 0.1) is 5.92 Å². The molecule has 0 saturated carbocycles. The van der Waals surface area contributed by atoms with Gasteiger partial charge in [-0.15, -0.1) is 0 Å². The minimum atomic E-state index is 0.253. The highest BCUT2D eigenvalue weighted by Gasteiger charge is 2.29. The number of carbonyl (C=O) groups excluding carboxylic acids is 1. The van der Waals surface area contributed by atoms with Crippen LogP contribution in [0.1, 0.15) is 37.8 Å². The molecule has 3 rings (SSSR count). The molecule has 0 atom stereocenters. The van der Waals surface area contributed by atoms with E-state index in [-0.39, 0.29) is 5.92 Å². The quantitative estimate of drug-likeness (QED) is 0.856. The van der Waals surface area contributed by atoms with Crippen LogP contribution < -0.4 is 0 Å². The molecule has 21 heavy (non-hydrogen) atoms. The first-order valence-electron chi connectivity index (χ1n) is 8.24. The van der Waals surface area contributed by atoms with Gasteiger partial charge in [-0.25, -0.2) is 0 Å². The molecule has 0 bridgehead atoms. The van der Waals surface area contributed by atoms with Gasteiger partial charge < -0.3 is 4.90 Å². The normalized spacial score (nSPS) is 21.4. The Labute approximate surface area is 127 Å². The van der Waals surface area contributed by atoms with Crippen LogP contribution in [0.15, 0.2) is 24.4 Å². The van der Waals surface area contributed by atoms with E-state index in [4.69, 9.17) is 0 Å². The summed E-state index contributed by atoms with van der Waals surface area (Å²) in [6.45, 7) is 4.90. The van der Waals surface area contributed by atoms with Gasteiger partial charge in [0.25, 0.3) is 0 Å². The summed E-state index contributed by atoms with van der Waals surface area (Å²) in [7, 11) is 0. The first kappa shape index (κ1) is 14.5. The van der Waals surface area contributed by atoms with Gasteiger partial charge in [-0.3, -0.25) is 14.7 Å². The van der Waals surface area contributed by atoms with Crippen LogP contribution >= 0.6 is 0 Å². The Morgan fingerprint density at radius 3 is 2.52 bits per heavy atom. The third-order valence-electron chi connectivity index (χ3n) is 4.72. The molecule has 3 heterocycles. The van der Waals surface area contributed by atoms with E-state index in [0.29, 0.717) is 5.91 Å². The second-order valence-corrected chi connectivity index (χ2v) is 6.26. The van der Waals surface area contributed by atoms with Gasteiger partial charge in [0.05, 0.1) is 5.69 Å². The van der Waals surface area contributed by atoms with Crippen LogP contribution in [0.2, 0.25) is 0 Å². The summed E-state index contributed by atoms with van der Waals surface area (Å²) in [5, 5.41) is 0. The largest absolute Gasteiger partial charge is 0.342 e. The van der Waals surface area contributed by atoms with Crippen molar-refractivity contribution in [2.45, 2.75) is 38.6 Å². The molecule has 0 unspecified atom stereocenters. The van der Waals surface area contributed by atoms with Gasteiger partial charge >= 0.3 is 0 Å². The summed E-state index contributed by atoms with van der Waals surface area (Å²) in [5.41, 5.74) is 1.12. The second kappa shape index (κ2) is 7.03. The van der Waals surface area contributed by atoms with Crippen LogP contribution in [0.3, 0.4) is 0 Å². The molecule has 2 saturated heterocycles. The zero-order valence-corrected chi connectivity index (χ0v) is 12.7. The lowest BCUT2D eigenvalue weighted by molar-refractivity contribution is -0.138. The minimum absolute atomic E-state index is 0.253. The Morgan fingerprint density at radius 2 is 1.86 bits per heavy atom. The van der Waals surface area contributed by atoms with Crippen molar-refractivity contribution in [2.75, 3.05) is 26.2 Å². The first-order valence-corrected chi connectivity index (χ1v) is 8.24. The number of carbonyl (C=O) groups is 1. The van der Waals surface area contributed by atoms with Crippen LogP contribution in [-0.4, -0.2) is 46.9 Å². The van der Waals surface area contributed by atoms with Gasteiger partial charge in [0, 0.05) is 31.7 Å². The van der Waals surface area contributed by atoms with Crippen LogP contribution in [0.5, 0.6) is 0 Å². The molecule has 0 N–H and O–H groups in total. The molecule has 0 radical (unpaired) electrons. The first-order chi connectivity index (χ1) is 10.3. The van der Waals surface area contributed by atoms with Crippen molar-refractivity contribution >= 4 is 5.91 Å². The molecular formula is C17H25N3O. The number of nitrogens with zero attached hydrogens (tertiary/aromatic N) is 3. The lowest BCUT2D eigenvalue weighted by atomic mass is 9.94. The maximum atomic E-state index is 12.5. The maximum absolute atomic E-state index is 12.5. The molecule has 2 fully saturated rings.